The van der Waals surface area contributed by atoms with Gasteiger partial charge in [-0.2, -0.15) is 0 Å². The maximum Gasteiger partial charge on any atom is 0.272 e. The van der Waals surface area contributed by atoms with Crippen LogP contribution in [0.1, 0.15) is 23.0 Å². The second-order valence-corrected chi connectivity index (χ2v) is 6.01. The van der Waals surface area contributed by atoms with Gasteiger partial charge in [-0.1, -0.05) is 18.2 Å². The van der Waals surface area contributed by atoms with E-state index in [0.717, 1.165) is 0 Å². The van der Waals surface area contributed by atoms with Crippen LogP contribution < -0.4 is 5.32 Å². The number of halogens is 1. The van der Waals surface area contributed by atoms with Crippen molar-refractivity contribution in [2.24, 2.45) is 0 Å². The summed E-state index contributed by atoms with van der Waals surface area (Å²) in [6, 6.07) is 7.99. The molecule has 0 spiro atoms. The molecule has 1 N–H and O–H groups in total. The van der Waals surface area contributed by atoms with E-state index in [1.165, 1.54) is 19.2 Å². The molecule has 0 atom stereocenters. The van der Waals surface area contributed by atoms with Crippen LogP contribution in [0.4, 0.5) is 10.3 Å². The molecule has 136 valence electrons. The van der Waals surface area contributed by atoms with Crippen molar-refractivity contribution in [3.05, 3.63) is 53.6 Å². The minimum absolute atomic E-state index is 0.0127. The average Bonchev–Trinajstić information content (AvgIpc) is 2.67. The number of aromatic nitrogens is 2. The van der Waals surface area contributed by atoms with Gasteiger partial charge in [-0.25, -0.2) is 14.4 Å². The van der Waals surface area contributed by atoms with Gasteiger partial charge in [0.15, 0.2) is 0 Å². The van der Waals surface area contributed by atoms with Gasteiger partial charge in [-0.3, -0.25) is 9.59 Å². The first-order chi connectivity index (χ1) is 12.5. The molecular formula is C18H20FN5O2. The predicted octanol–water partition coefficient (Wildman–Crippen LogP) is 1.53. The second-order valence-electron chi connectivity index (χ2n) is 6.01. The van der Waals surface area contributed by atoms with Crippen molar-refractivity contribution in [3.63, 3.8) is 0 Å². The Morgan fingerprint density at radius 1 is 1.12 bits per heavy atom. The minimum atomic E-state index is -0.310. The summed E-state index contributed by atoms with van der Waals surface area (Å²) in [4.78, 5) is 35.7. The van der Waals surface area contributed by atoms with Gasteiger partial charge < -0.3 is 15.1 Å². The summed E-state index contributed by atoms with van der Waals surface area (Å²) in [7, 11) is 0. The first-order valence-electron chi connectivity index (χ1n) is 8.39. The number of nitrogens with one attached hydrogen (secondary N) is 1. The number of rotatable bonds is 4. The molecule has 0 unspecified atom stereocenters. The zero-order chi connectivity index (χ0) is 18.5. The Hall–Kier alpha value is -3.03. The molecule has 1 aliphatic heterocycles. The van der Waals surface area contributed by atoms with Crippen LogP contribution in [-0.2, 0) is 11.3 Å². The summed E-state index contributed by atoms with van der Waals surface area (Å²) in [5.74, 6) is -0.236. The van der Waals surface area contributed by atoms with Crippen LogP contribution >= 0.6 is 0 Å². The van der Waals surface area contributed by atoms with Crippen LogP contribution in [0.15, 0.2) is 36.5 Å². The molecule has 1 saturated heterocycles. The van der Waals surface area contributed by atoms with E-state index in [0.29, 0.717) is 31.7 Å². The van der Waals surface area contributed by atoms with Crippen LogP contribution in [0.2, 0.25) is 0 Å². The molecule has 1 aliphatic rings. The molecule has 1 aromatic carbocycles. The summed E-state index contributed by atoms with van der Waals surface area (Å²) >= 11 is 0. The monoisotopic (exact) mass is 357 g/mol. The molecule has 7 nitrogen and oxygen atoms in total. The topological polar surface area (TPSA) is 78.4 Å². The highest BCUT2D eigenvalue weighted by atomic mass is 19.1. The maximum atomic E-state index is 13.7. The summed E-state index contributed by atoms with van der Waals surface area (Å²) in [6.45, 7) is 3.73. The fourth-order valence-corrected chi connectivity index (χ4v) is 2.77. The van der Waals surface area contributed by atoms with E-state index in [-0.39, 0.29) is 35.8 Å². The molecule has 0 bridgehead atoms. The van der Waals surface area contributed by atoms with Crippen molar-refractivity contribution in [2.45, 2.75) is 13.5 Å². The molecule has 8 heteroatoms. The van der Waals surface area contributed by atoms with Crippen molar-refractivity contribution in [3.8, 4) is 0 Å². The van der Waals surface area contributed by atoms with Gasteiger partial charge in [-0.05, 0) is 12.1 Å². The predicted molar refractivity (Wildman–Crippen MR) is 93.9 cm³/mol. The number of anilines is 1. The Morgan fingerprint density at radius 2 is 1.81 bits per heavy atom. The Bertz CT molecular complexity index is 806. The van der Waals surface area contributed by atoms with Crippen LogP contribution in [0.3, 0.4) is 0 Å². The highest BCUT2D eigenvalue weighted by molar-refractivity contribution is 5.92. The lowest BCUT2D eigenvalue weighted by molar-refractivity contribution is -0.130. The van der Waals surface area contributed by atoms with Crippen molar-refractivity contribution < 1.29 is 14.0 Å². The molecule has 0 radical (unpaired) electrons. The van der Waals surface area contributed by atoms with E-state index in [4.69, 9.17) is 0 Å². The number of nitrogens with zero attached hydrogens (tertiary/aromatic N) is 4. The van der Waals surface area contributed by atoms with E-state index >= 15 is 0 Å². The lowest BCUT2D eigenvalue weighted by Crippen LogP contribution is -2.50. The van der Waals surface area contributed by atoms with Gasteiger partial charge in [-0.15, -0.1) is 0 Å². The van der Waals surface area contributed by atoms with Gasteiger partial charge in [0.05, 0.1) is 0 Å². The van der Waals surface area contributed by atoms with Crippen LogP contribution in [0.5, 0.6) is 0 Å². The number of carbonyl (C=O) groups excluding carboxylic acids is 2. The number of carbonyl (C=O) groups is 2. The molecule has 0 saturated carbocycles. The summed E-state index contributed by atoms with van der Waals surface area (Å²) in [5, 5.41) is 2.94. The van der Waals surface area contributed by atoms with E-state index in [9.17, 15) is 14.0 Å². The molecule has 3 rings (SSSR count). The fraction of sp³-hybridized carbons (Fsp3) is 0.333. The van der Waals surface area contributed by atoms with Gasteiger partial charge in [0, 0.05) is 51.4 Å². The van der Waals surface area contributed by atoms with E-state index in [2.05, 4.69) is 15.3 Å². The van der Waals surface area contributed by atoms with Crippen LogP contribution in [0, 0.1) is 5.82 Å². The number of amides is 2. The molecular weight excluding hydrogens is 337 g/mol. The fourth-order valence-electron chi connectivity index (χ4n) is 2.77. The highest BCUT2D eigenvalue weighted by Gasteiger charge is 2.24. The zero-order valence-electron chi connectivity index (χ0n) is 14.5. The molecule has 2 heterocycles. The van der Waals surface area contributed by atoms with Gasteiger partial charge in [0.2, 0.25) is 11.9 Å². The SMILES string of the molecule is CC(=O)N1CCN(C(=O)c2ccnc(NCc3ccccc3F)n2)CC1. The van der Waals surface area contributed by atoms with Crippen molar-refractivity contribution in [2.75, 3.05) is 31.5 Å². The van der Waals surface area contributed by atoms with Crippen molar-refractivity contribution >= 4 is 17.8 Å². The molecule has 26 heavy (non-hydrogen) atoms. The third-order valence-electron chi connectivity index (χ3n) is 4.28. The number of hydrogen-bond acceptors (Lipinski definition) is 5. The largest absolute Gasteiger partial charge is 0.350 e. The Balaban J connectivity index is 1.63. The standard InChI is InChI=1S/C18H20FN5O2/c1-13(25)23-8-10-24(11-9-23)17(26)16-6-7-20-18(22-16)21-12-14-4-2-3-5-15(14)19/h2-7H,8-12H2,1H3,(H,20,21,22). The van der Waals surface area contributed by atoms with E-state index in [1.807, 2.05) is 0 Å². The quantitative estimate of drug-likeness (QED) is 0.898. The molecule has 2 amide bonds. The van der Waals surface area contributed by atoms with Gasteiger partial charge in [0.1, 0.15) is 11.5 Å². The summed E-state index contributed by atoms with van der Waals surface area (Å²) < 4.78 is 13.7. The third-order valence-corrected chi connectivity index (χ3v) is 4.28. The van der Waals surface area contributed by atoms with Gasteiger partial charge in [0.25, 0.3) is 5.91 Å². The highest BCUT2D eigenvalue weighted by Crippen LogP contribution is 2.11. The first kappa shape index (κ1) is 17.8. The Labute approximate surface area is 150 Å². The molecule has 1 fully saturated rings. The number of hydrogen-bond donors (Lipinski definition) is 1. The zero-order valence-corrected chi connectivity index (χ0v) is 14.5. The number of piperazine rings is 1. The lowest BCUT2D eigenvalue weighted by atomic mass is 10.2. The van der Waals surface area contributed by atoms with E-state index in [1.54, 1.807) is 34.1 Å². The third kappa shape index (κ3) is 4.14. The smallest absolute Gasteiger partial charge is 0.272 e. The second kappa shape index (κ2) is 7.90. The average molecular weight is 357 g/mol. The first-order valence-corrected chi connectivity index (χ1v) is 8.39. The molecule has 2 aromatic rings. The van der Waals surface area contributed by atoms with Crippen molar-refractivity contribution in [1.29, 1.82) is 0 Å². The van der Waals surface area contributed by atoms with Crippen LogP contribution in [-0.4, -0.2) is 57.8 Å². The van der Waals surface area contributed by atoms with Gasteiger partial charge >= 0.3 is 0 Å². The maximum absolute atomic E-state index is 13.7. The lowest BCUT2D eigenvalue weighted by Gasteiger charge is -2.34. The molecule has 1 aromatic heterocycles. The normalized spacial score (nSPS) is 14.2. The summed E-state index contributed by atoms with van der Waals surface area (Å²) in [6.07, 6.45) is 1.50. The van der Waals surface area contributed by atoms with E-state index < -0.39 is 0 Å². The Kier molecular flexibility index (Phi) is 5.40. The van der Waals surface area contributed by atoms with Crippen LogP contribution in [0.25, 0.3) is 0 Å². The minimum Gasteiger partial charge on any atom is -0.350 e. The molecule has 0 aliphatic carbocycles. The Morgan fingerprint density at radius 3 is 2.50 bits per heavy atom. The number of benzene rings is 1. The van der Waals surface area contributed by atoms with Crippen molar-refractivity contribution in [1.82, 2.24) is 19.8 Å². The summed E-state index contributed by atoms with van der Waals surface area (Å²) in [5.41, 5.74) is 0.764.